The SMILES string of the molecule is c1ccc(-c2ccc(-c3nc(-c4cccc5ccccc45)nc(-c4cccc5oc6c(-c7ccccc7-c7ccccc7)cccc6c45)n3)cc2)cc1. The topological polar surface area (TPSA) is 51.8 Å². The van der Waals surface area contributed by atoms with Crippen molar-refractivity contribution in [3.63, 3.8) is 0 Å². The zero-order chi connectivity index (χ0) is 35.1. The summed E-state index contributed by atoms with van der Waals surface area (Å²) in [6.07, 6.45) is 0. The summed E-state index contributed by atoms with van der Waals surface area (Å²) in [5.74, 6) is 1.82. The van der Waals surface area contributed by atoms with Crippen LogP contribution in [-0.2, 0) is 0 Å². The van der Waals surface area contributed by atoms with Crippen molar-refractivity contribution < 1.29 is 4.42 Å². The van der Waals surface area contributed by atoms with Gasteiger partial charge in [-0.3, -0.25) is 0 Å². The van der Waals surface area contributed by atoms with E-state index in [1.54, 1.807) is 0 Å². The number of hydrogen-bond donors (Lipinski definition) is 0. The van der Waals surface area contributed by atoms with Gasteiger partial charge in [-0.1, -0.05) is 182 Å². The van der Waals surface area contributed by atoms with Crippen molar-refractivity contribution in [3.8, 4) is 67.5 Å². The van der Waals surface area contributed by atoms with Crippen molar-refractivity contribution in [2.24, 2.45) is 0 Å². The molecule has 2 heterocycles. The van der Waals surface area contributed by atoms with Gasteiger partial charge in [-0.15, -0.1) is 0 Å². The molecular weight excluding hydrogens is 647 g/mol. The summed E-state index contributed by atoms with van der Waals surface area (Å²) in [5.41, 5.74) is 11.1. The quantitative estimate of drug-likeness (QED) is 0.176. The number of benzene rings is 8. The lowest BCUT2D eigenvalue weighted by Crippen LogP contribution is -2.01. The summed E-state index contributed by atoms with van der Waals surface area (Å²) in [4.78, 5) is 15.5. The number of hydrogen-bond acceptors (Lipinski definition) is 4. The molecule has 8 aromatic carbocycles. The molecule has 248 valence electrons. The van der Waals surface area contributed by atoms with E-state index < -0.39 is 0 Å². The fourth-order valence-corrected chi connectivity index (χ4v) is 7.44. The Morgan fingerprint density at radius 3 is 1.62 bits per heavy atom. The standard InChI is InChI=1S/C49H31N3O/c1-3-14-32(15-4-1)33-28-30-36(31-29-33)47-50-48(41-24-11-19-35-18-7-8-21-38(35)41)52-49(51-47)43-26-13-27-44-45(43)42-25-12-23-40(46(42)53-44)39-22-10-9-20-37(39)34-16-5-2-6-17-34/h1-31H. The van der Waals surface area contributed by atoms with Crippen LogP contribution in [0.3, 0.4) is 0 Å². The van der Waals surface area contributed by atoms with Crippen LogP contribution in [0.1, 0.15) is 0 Å². The molecule has 0 saturated heterocycles. The van der Waals surface area contributed by atoms with Crippen molar-refractivity contribution in [2.45, 2.75) is 0 Å². The minimum absolute atomic E-state index is 0.591. The molecule has 4 nitrogen and oxygen atoms in total. The second kappa shape index (κ2) is 12.9. The minimum atomic E-state index is 0.591. The fraction of sp³-hybridized carbons (Fsp3) is 0. The fourth-order valence-electron chi connectivity index (χ4n) is 7.44. The van der Waals surface area contributed by atoms with Gasteiger partial charge in [0.1, 0.15) is 11.2 Å². The number of para-hydroxylation sites is 1. The molecule has 0 spiro atoms. The van der Waals surface area contributed by atoms with Gasteiger partial charge in [-0.05, 0) is 44.7 Å². The molecule has 0 aliphatic rings. The Kier molecular flexibility index (Phi) is 7.43. The molecule has 0 fully saturated rings. The highest BCUT2D eigenvalue weighted by molar-refractivity contribution is 6.15. The zero-order valence-corrected chi connectivity index (χ0v) is 28.6. The van der Waals surface area contributed by atoms with Crippen LogP contribution in [0.15, 0.2) is 192 Å². The molecular formula is C49H31N3O. The Morgan fingerprint density at radius 1 is 0.302 bits per heavy atom. The molecule has 0 aliphatic carbocycles. The van der Waals surface area contributed by atoms with Crippen LogP contribution in [0.4, 0.5) is 0 Å². The molecule has 0 atom stereocenters. The number of rotatable bonds is 6. The van der Waals surface area contributed by atoms with Crippen molar-refractivity contribution in [1.82, 2.24) is 15.0 Å². The molecule has 0 N–H and O–H groups in total. The smallest absolute Gasteiger partial charge is 0.164 e. The summed E-state index contributed by atoms with van der Waals surface area (Å²) in [5, 5.41) is 4.21. The van der Waals surface area contributed by atoms with E-state index in [0.29, 0.717) is 17.5 Å². The Morgan fingerprint density at radius 2 is 0.811 bits per heavy atom. The average molecular weight is 678 g/mol. The van der Waals surface area contributed by atoms with E-state index in [0.717, 1.165) is 82.8 Å². The molecule has 0 radical (unpaired) electrons. The first-order valence-corrected chi connectivity index (χ1v) is 17.8. The van der Waals surface area contributed by atoms with Crippen LogP contribution in [-0.4, -0.2) is 15.0 Å². The molecule has 10 aromatic rings. The Bertz CT molecular complexity index is 2930. The maximum absolute atomic E-state index is 6.76. The van der Waals surface area contributed by atoms with Crippen molar-refractivity contribution in [2.75, 3.05) is 0 Å². The monoisotopic (exact) mass is 677 g/mol. The summed E-state index contributed by atoms with van der Waals surface area (Å²) in [6, 6.07) is 65.0. The predicted octanol–water partition coefficient (Wildman–Crippen LogP) is 12.9. The van der Waals surface area contributed by atoms with Gasteiger partial charge >= 0.3 is 0 Å². The average Bonchev–Trinajstić information content (AvgIpc) is 3.63. The van der Waals surface area contributed by atoms with Gasteiger partial charge in [0.25, 0.3) is 0 Å². The van der Waals surface area contributed by atoms with Crippen LogP contribution < -0.4 is 0 Å². The van der Waals surface area contributed by atoms with E-state index in [1.165, 1.54) is 0 Å². The van der Waals surface area contributed by atoms with E-state index in [1.807, 2.05) is 24.3 Å². The highest BCUT2D eigenvalue weighted by atomic mass is 16.3. The first-order valence-electron chi connectivity index (χ1n) is 17.8. The third-order valence-electron chi connectivity index (χ3n) is 9.98. The van der Waals surface area contributed by atoms with Gasteiger partial charge in [0.2, 0.25) is 0 Å². The molecule has 10 rings (SSSR count). The molecule has 0 amide bonds. The van der Waals surface area contributed by atoms with Gasteiger partial charge < -0.3 is 4.42 Å². The highest BCUT2D eigenvalue weighted by Gasteiger charge is 2.21. The first kappa shape index (κ1) is 30.6. The minimum Gasteiger partial charge on any atom is -0.455 e. The summed E-state index contributed by atoms with van der Waals surface area (Å²) >= 11 is 0. The Labute approximate surface area is 306 Å². The molecule has 0 aliphatic heterocycles. The maximum atomic E-state index is 6.76. The van der Waals surface area contributed by atoms with Crippen molar-refractivity contribution in [3.05, 3.63) is 188 Å². The number of nitrogens with zero attached hydrogens (tertiary/aromatic N) is 3. The molecule has 0 bridgehead atoms. The van der Waals surface area contributed by atoms with E-state index in [-0.39, 0.29) is 0 Å². The third-order valence-corrected chi connectivity index (χ3v) is 9.98. The summed E-state index contributed by atoms with van der Waals surface area (Å²) in [6.45, 7) is 0. The lowest BCUT2D eigenvalue weighted by molar-refractivity contribution is 0.670. The first-order chi connectivity index (χ1) is 26.3. The number of aromatic nitrogens is 3. The van der Waals surface area contributed by atoms with Crippen LogP contribution in [0.5, 0.6) is 0 Å². The van der Waals surface area contributed by atoms with Crippen LogP contribution in [0.2, 0.25) is 0 Å². The molecule has 2 aromatic heterocycles. The van der Waals surface area contributed by atoms with Gasteiger partial charge in [0.05, 0.1) is 0 Å². The van der Waals surface area contributed by atoms with Gasteiger partial charge in [0.15, 0.2) is 17.5 Å². The molecule has 0 saturated carbocycles. The highest BCUT2D eigenvalue weighted by Crippen LogP contribution is 2.42. The van der Waals surface area contributed by atoms with Crippen LogP contribution in [0.25, 0.3) is 100 Å². The zero-order valence-electron chi connectivity index (χ0n) is 28.6. The van der Waals surface area contributed by atoms with Crippen molar-refractivity contribution >= 4 is 32.7 Å². The number of fused-ring (bicyclic) bond motifs is 4. The Balaban J connectivity index is 1.18. The predicted molar refractivity (Wildman–Crippen MR) is 217 cm³/mol. The third kappa shape index (κ3) is 5.45. The largest absolute Gasteiger partial charge is 0.455 e. The lowest BCUT2D eigenvalue weighted by atomic mass is 9.93. The van der Waals surface area contributed by atoms with Crippen molar-refractivity contribution in [1.29, 1.82) is 0 Å². The lowest BCUT2D eigenvalue weighted by Gasteiger charge is -2.11. The van der Waals surface area contributed by atoms with E-state index in [9.17, 15) is 0 Å². The van der Waals surface area contributed by atoms with Gasteiger partial charge in [-0.25, -0.2) is 15.0 Å². The maximum Gasteiger partial charge on any atom is 0.164 e. The van der Waals surface area contributed by atoms with Gasteiger partial charge in [0, 0.05) is 33.0 Å². The molecule has 4 heteroatoms. The van der Waals surface area contributed by atoms with Gasteiger partial charge in [-0.2, -0.15) is 0 Å². The van der Waals surface area contributed by atoms with Crippen LogP contribution >= 0.6 is 0 Å². The second-order valence-corrected chi connectivity index (χ2v) is 13.2. The van der Waals surface area contributed by atoms with E-state index in [2.05, 4.69) is 164 Å². The number of furan rings is 1. The van der Waals surface area contributed by atoms with E-state index >= 15 is 0 Å². The molecule has 0 unspecified atom stereocenters. The summed E-state index contributed by atoms with van der Waals surface area (Å²) < 4.78 is 6.76. The normalized spacial score (nSPS) is 11.4. The second-order valence-electron chi connectivity index (χ2n) is 13.2. The summed E-state index contributed by atoms with van der Waals surface area (Å²) in [7, 11) is 0. The Hall–Kier alpha value is -7.17. The molecule has 53 heavy (non-hydrogen) atoms. The van der Waals surface area contributed by atoms with E-state index in [4.69, 9.17) is 19.4 Å². The van der Waals surface area contributed by atoms with Crippen LogP contribution in [0, 0.1) is 0 Å².